The van der Waals surface area contributed by atoms with Crippen molar-refractivity contribution in [2.24, 2.45) is 0 Å². The monoisotopic (exact) mass is 190 g/mol. The van der Waals surface area contributed by atoms with E-state index in [2.05, 4.69) is 38.1 Å². The third-order valence-electron chi connectivity index (χ3n) is 2.14. The molecule has 1 rings (SSSR count). The van der Waals surface area contributed by atoms with Crippen molar-refractivity contribution in [3.63, 3.8) is 0 Å². The Labute approximate surface area is 85.3 Å². The minimum absolute atomic E-state index is 1.07. The first-order valence-corrected chi connectivity index (χ1v) is 4.97. The molecule has 1 heteroatoms. The first-order chi connectivity index (χ1) is 6.29. The molecule has 0 unspecified atom stereocenters. The van der Waals surface area contributed by atoms with E-state index in [9.17, 15) is 0 Å². The maximum atomic E-state index is 4.76. The van der Waals surface area contributed by atoms with Gasteiger partial charge in [0, 0.05) is 5.37 Å². The second kappa shape index (κ2) is 4.93. The fraction of sp³-hybridized carbons (Fsp3) is 0.250. The van der Waals surface area contributed by atoms with Crippen LogP contribution in [0, 0.1) is 6.92 Å². The van der Waals surface area contributed by atoms with Crippen LogP contribution in [-0.4, -0.2) is 5.37 Å². The van der Waals surface area contributed by atoms with Gasteiger partial charge in [-0.25, -0.2) is 0 Å². The second-order valence-corrected chi connectivity index (χ2v) is 3.27. The van der Waals surface area contributed by atoms with Crippen molar-refractivity contribution in [2.75, 3.05) is 0 Å². The summed E-state index contributed by atoms with van der Waals surface area (Å²) in [6, 6.07) is 6.39. The molecule has 1 aromatic rings. The molecule has 0 nitrogen and oxygen atoms in total. The van der Waals surface area contributed by atoms with E-state index in [-0.39, 0.29) is 0 Å². The Morgan fingerprint density at radius 2 is 2.15 bits per heavy atom. The molecule has 0 radical (unpaired) electrons. The molecule has 0 aromatic heterocycles. The molecule has 0 atom stereocenters. The molecule has 0 saturated carbocycles. The zero-order valence-electron chi connectivity index (χ0n) is 8.08. The van der Waals surface area contributed by atoms with E-state index in [0.717, 1.165) is 6.42 Å². The Bertz CT molecular complexity index is 324. The molecule has 13 heavy (non-hydrogen) atoms. The van der Waals surface area contributed by atoms with Gasteiger partial charge in [-0.3, -0.25) is 0 Å². The average Bonchev–Trinajstić information content (AvgIpc) is 2.15. The highest BCUT2D eigenvalue weighted by atomic mass is 32.1. The van der Waals surface area contributed by atoms with Crippen LogP contribution >= 0.6 is 12.2 Å². The Hall–Kier alpha value is -0.950. The lowest BCUT2D eigenvalue weighted by atomic mass is 10.00. The maximum Gasteiger partial charge on any atom is 0.00137 e. The number of hydrogen-bond donors (Lipinski definition) is 0. The normalized spacial score (nSPS) is 10.6. The van der Waals surface area contributed by atoms with Crippen molar-refractivity contribution < 1.29 is 0 Å². The van der Waals surface area contributed by atoms with Crippen LogP contribution in [0.5, 0.6) is 0 Å². The van der Waals surface area contributed by atoms with Gasteiger partial charge in [0.15, 0.2) is 0 Å². The van der Waals surface area contributed by atoms with Gasteiger partial charge in [-0.2, -0.15) is 0 Å². The minimum Gasteiger partial charge on any atom is -0.0887 e. The SMILES string of the molecule is CCc1cccc(C)c1/C=C\C=S. The number of allylic oxidation sites excluding steroid dienone is 1. The van der Waals surface area contributed by atoms with Gasteiger partial charge in [-0.15, -0.1) is 0 Å². The van der Waals surface area contributed by atoms with Gasteiger partial charge >= 0.3 is 0 Å². The summed E-state index contributed by atoms with van der Waals surface area (Å²) in [5, 5.41) is 1.64. The van der Waals surface area contributed by atoms with Gasteiger partial charge in [0.2, 0.25) is 0 Å². The summed E-state index contributed by atoms with van der Waals surface area (Å²) in [6.07, 6.45) is 5.07. The summed E-state index contributed by atoms with van der Waals surface area (Å²) < 4.78 is 0. The molecular weight excluding hydrogens is 176 g/mol. The standard InChI is InChI=1S/C12H14S/c1-3-11-7-4-6-10(2)12(11)8-5-9-13/h4-9H,3H2,1-2H3/b8-5-. The fourth-order valence-corrected chi connectivity index (χ4v) is 1.50. The Morgan fingerprint density at radius 3 is 2.77 bits per heavy atom. The number of hydrogen-bond acceptors (Lipinski definition) is 1. The van der Waals surface area contributed by atoms with Gasteiger partial charge in [0.1, 0.15) is 0 Å². The molecule has 0 saturated heterocycles. The second-order valence-electron chi connectivity index (χ2n) is 3.00. The molecule has 0 aliphatic carbocycles. The first-order valence-electron chi connectivity index (χ1n) is 4.50. The Morgan fingerprint density at radius 1 is 1.38 bits per heavy atom. The summed E-state index contributed by atoms with van der Waals surface area (Å²) in [7, 11) is 0. The molecule has 68 valence electrons. The molecule has 0 heterocycles. The summed E-state index contributed by atoms with van der Waals surface area (Å²) in [6.45, 7) is 4.30. The van der Waals surface area contributed by atoms with Crippen LogP contribution in [0.1, 0.15) is 23.6 Å². The summed E-state index contributed by atoms with van der Waals surface area (Å²) >= 11 is 4.76. The van der Waals surface area contributed by atoms with Crippen molar-refractivity contribution in [1.82, 2.24) is 0 Å². The fourth-order valence-electron chi connectivity index (χ4n) is 1.42. The van der Waals surface area contributed by atoms with Crippen LogP contribution in [0.2, 0.25) is 0 Å². The molecule has 0 bridgehead atoms. The first kappa shape index (κ1) is 10.1. The minimum atomic E-state index is 1.07. The molecule has 0 aliphatic heterocycles. The Kier molecular flexibility index (Phi) is 3.84. The molecule has 0 fully saturated rings. The lowest BCUT2D eigenvalue weighted by Gasteiger charge is -2.05. The number of rotatable bonds is 3. The molecule has 0 spiro atoms. The summed E-state index contributed by atoms with van der Waals surface area (Å²) in [4.78, 5) is 0. The lowest BCUT2D eigenvalue weighted by molar-refractivity contribution is 1.12. The van der Waals surface area contributed by atoms with Gasteiger partial charge < -0.3 is 0 Å². The molecule has 0 aliphatic rings. The predicted octanol–water partition coefficient (Wildman–Crippen LogP) is 3.57. The highest BCUT2D eigenvalue weighted by molar-refractivity contribution is 7.79. The van der Waals surface area contributed by atoms with Gasteiger partial charge in [0.25, 0.3) is 0 Å². The average molecular weight is 190 g/mol. The maximum absolute atomic E-state index is 4.76. The molecular formula is C12H14S. The van der Waals surface area contributed by atoms with Crippen LogP contribution in [0.25, 0.3) is 6.08 Å². The quantitative estimate of drug-likeness (QED) is 0.518. The zero-order valence-corrected chi connectivity index (χ0v) is 8.90. The summed E-state index contributed by atoms with van der Waals surface area (Å²) in [5.41, 5.74) is 4.01. The van der Waals surface area contributed by atoms with Crippen LogP contribution < -0.4 is 0 Å². The molecule has 0 amide bonds. The van der Waals surface area contributed by atoms with Crippen LogP contribution in [0.4, 0.5) is 0 Å². The highest BCUT2D eigenvalue weighted by Gasteiger charge is 1.98. The largest absolute Gasteiger partial charge is 0.0887 e. The molecule has 0 N–H and O–H groups in total. The van der Waals surface area contributed by atoms with E-state index in [1.807, 2.05) is 6.08 Å². The van der Waals surface area contributed by atoms with Crippen LogP contribution in [0.3, 0.4) is 0 Å². The number of thiocarbonyl (C=S) groups is 1. The lowest BCUT2D eigenvalue weighted by Crippen LogP contribution is -1.89. The van der Waals surface area contributed by atoms with E-state index in [1.54, 1.807) is 5.37 Å². The van der Waals surface area contributed by atoms with E-state index in [1.165, 1.54) is 16.7 Å². The zero-order chi connectivity index (χ0) is 9.68. The van der Waals surface area contributed by atoms with Crippen molar-refractivity contribution in [3.8, 4) is 0 Å². The van der Waals surface area contributed by atoms with Crippen molar-refractivity contribution in [1.29, 1.82) is 0 Å². The topological polar surface area (TPSA) is 0 Å². The van der Waals surface area contributed by atoms with E-state index < -0.39 is 0 Å². The van der Waals surface area contributed by atoms with E-state index in [0.29, 0.717) is 0 Å². The smallest absolute Gasteiger partial charge is 0.00137 e. The highest BCUT2D eigenvalue weighted by Crippen LogP contribution is 2.16. The predicted molar refractivity (Wildman–Crippen MR) is 63.2 cm³/mol. The van der Waals surface area contributed by atoms with Crippen LogP contribution in [-0.2, 0) is 6.42 Å². The molecule has 1 aromatic carbocycles. The van der Waals surface area contributed by atoms with Gasteiger partial charge in [0.05, 0.1) is 0 Å². The van der Waals surface area contributed by atoms with Crippen molar-refractivity contribution in [2.45, 2.75) is 20.3 Å². The van der Waals surface area contributed by atoms with Gasteiger partial charge in [-0.1, -0.05) is 49.5 Å². The third kappa shape index (κ3) is 2.49. The van der Waals surface area contributed by atoms with Crippen LogP contribution in [0.15, 0.2) is 24.3 Å². The number of aryl methyl sites for hydroxylation is 2. The number of benzene rings is 1. The summed E-state index contributed by atoms with van der Waals surface area (Å²) in [5.74, 6) is 0. The van der Waals surface area contributed by atoms with Crippen molar-refractivity contribution in [3.05, 3.63) is 41.0 Å². The Balaban J connectivity index is 3.14. The van der Waals surface area contributed by atoms with Gasteiger partial charge in [-0.05, 0) is 30.0 Å². The van der Waals surface area contributed by atoms with Crippen molar-refractivity contribution >= 4 is 23.7 Å². The third-order valence-corrected chi connectivity index (χ3v) is 2.29. The van der Waals surface area contributed by atoms with E-state index >= 15 is 0 Å². The van der Waals surface area contributed by atoms with E-state index in [4.69, 9.17) is 12.2 Å².